The average Bonchev–Trinajstić information content (AvgIpc) is 3.20. The zero-order valence-electron chi connectivity index (χ0n) is 13.8. The summed E-state index contributed by atoms with van der Waals surface area (Å²) in [7, 11) is 0. The van der Waals surface area contributed by atoms with Crippen molar-refractivity contribution in [3.05, 3.63) is 41.6 Å². The summed E-state index contributed by atoms with van der Waals surface area (Å²) >= 11 is 0. The van der Waals surface area contributed by atoms with Crippen LogP contribution in [0, 0.1) is 0 Å². The number of carbonyl (C=O) groups excluding carboxylic acids is 1. The van der Waals surface area contributed by atoms with Gasteiger partial charge in [0, 0.05) is 47.2 Å². The number of fused-ring (bicyclic) bond motifs is 2. The Bertz CT molecular complexity index is 771. The van der Waals surface area contributed by atoms with Gasteiger partial charge in [0.1, 0.15) is 0 Å². The number of Topliss-reactive ketones (excluding diaryl/α,β-unsaturated/α-hetero) is 1. The summed E-state index contributed by atoms with van der Waals surface area (Å²) in [4.78, 5) is 18.2. The summed E-state index contributed by atoms with van der Waals surface area (Å²) in [5.74, 6) is 0.251. The first-order valence-corrected chi connectivity index (χ1v) is 8.84. The number of nitrogens with one attached hydrogen (secondary N) is 1. The fraction of sp³-hybridized carbons (Fsp3) is 0.450. The van der Waals surface area contributed by atoms with E-state index < -0.39 is 0 Å². The zero-order valence-corrected chi connectivity index (χ0v) is 13.8. The highest BCUT2D eigenvalue weighted by Crippen LogP contribution is 2.35. The number of ketones is 1. The summed E-state index contributed by atoms with van der Waals surface area (Å²) in [6.07, 6.45) is 9.82. The van der Waals surface area contributed by atoms with Crippen LogP contribution in [0.15, 0.2) is 30.5 Å². The number of benzene rings is 1. The predicted molar refractivity (Wildman–Crippen MR) is 94.7 cm³/mol. The molecule has 1 saturated heterocycles. The van der Waals surface area contributed by atoms with Gasteiger partial charge in [0.15, 0.2) is 5.78 Å². The van der Waals surface area contributed by atoms with Crippen LogP contribution < -0.4 is 0 Å². The van der Waals surface area contributed by atoms with Gasteiger partial charge in [-0.3, -0.25) is 9.69 Å². The van der Waals surface area contributed by atoms with Crippen LogP contribution in [0.4, 0.5) is 0 Å². The van der Waals surface area contributed by atoms with E-state index in [1.807, 2.05) is 12.1 Å². The van der Waals surface area contributed by atoms with Crippen molar-refractivity contribution in [1.29, 1.82) is 0 Å². The van der Waals surface area contributed by atoms with E-state index in [0.29, 0.717) is 12.5 Å². The van der Waals surface area contributed by atoms with E-state index >= 15 is 0 Å². The van der Waals surface area contributed by atoms with Crippen molar-refractivity contribution in [3.63, 3.8) is 0 Å². The van der Waals surface area contributed by atoms with E-state index in [2.05, 4.69) is 35.1 Å². The number of aromatic amines is 1. The van der Waals surface area contributed by atoms with Gasteiger partial charge in [0.2, 0.25) is 0 Å². The lowest BCUT2D eigenvalue weighted by Gasteiger charge is -2.29. The van der Waals surface area contributed by atoms with Gasteiger partial charge in [-0.25, -0.2) is 0 Å². The third-order valence-electron chi connectivity index (χ3n) is 5.35. The molecular formula is C20H24N2O. The molecule has 0 aliphatic carbocycles. The molecule has 2 aromatic rings. The Kier molecular flexibility index (Phi) is 3.82. The molecule has 0 amide bonds. The first-order valence-electron chi connectivity index (χ1n) is 8.84. The average molecular weight is 308 g/mol. The predicted octanol–water partition coefficient (Wildman–Crippen LogP) is 4.40. The fourth-order valence-electron chi connectivity index (χ4n) is 4.08. The van der Waals surface area contributed by atoms with Crippen LogP contribution in [0.2, 0.25) is 0 Å². The summed E-state index contributed by atoms with van der Waals surface area (Å²) in [6, 6.07) is 6.80. The molecule has 0 bridgehead atoms. The first kappa shape index (κ1) is 14.7. The van der Waals surface area contributed by atoms with Crippen LogP contribution in [0.3, 0.4) is 0 Å². The first-order chi connectivity index (χ1) is 11.3. The van der Waals surface area contributed by atoms with Crippen LogP contribution in [0.25, 0.3) is 16.5 Å². The third-order valence-corrected chi connectivity index (χ3v) is 5.35. The smallest absolute Gasteiger partial charge is 0.162 e. The van der Waals surface area contributed by atoms with Crippen molar-refractivity contribution >= 4 is 22.3 Å². The number of hydrogen-bond acceptors (Lipinski definition) is 2. The third kappa shape index (κ3) is 2.63. The Morgan fingerprint density at radius 2 is 2.30 bits per heavy atom. The minimum atomic E-state index is 0.251. The number of hydrogen-bond donors (Lipinski definition) is 1. The number of nitrogens with zero attached hydrogens (tertiary/aromatic N) is 1. The van der Waals surface area contributed by atoms with Crippen molar-refractivity contribution in [2.75, 3.05) is 13.1 Å². The van der Waals surface area contributed by atoms with E-state index in [-0.39, 0.29) is 5.78 Å². The van der Waals surface area contributed by atoms with E-state index in [9.17, 15) is 4.79 Å². The van der Waals surface area contributed by atoms with Crippen molar-refractivity contribution < 1.29 is 4.79 Å². The Morgan fingerprint density at radius 3 is 3.17 bits per heavy atom. The van der Waals surface area contributed by atoms with E-state index in [1.165, 1.54) is 35.9 Å². The van der Waals surface area contributed by atoms with Gasteiger partial charge < -0.3 is 4.98 Å². The highest BCUT2D eigenvalue weighted by Gasteiger charge is 2.28. The highest BCUT2D eigenvalue weighted by atomic mass is 16.1. The van der Waals surface area contributed by atoms with Gasteiger partial charge in [-0.2, -0.15) is 0 Å². The highest BCUT2D eigenvalue weighted by molar-refractivity contribution is 6.02. The zero-order chi connectivity index (χ0) is 15.8. The molecule has 1 aromatic carbocycles. The molecule has 23 heavy (non-hydrogen) atoms. The van der Waals surface area contributed by atoms with Gasteiger partial charge in [-0.15, -0.1) is 0 Å². The van der Waals surface area contributed by atoms with Gasteiger partial charge in [0.25, 0.3) is 0 Å². The Labute approximate surface area is 137 Å². The minimum absolute atomic E-state index is 0.251. The normalized spacial score (nSPS) is 21.4. The monoisotopic (exact) mass is 308 g/mol. The van der Waals surface area contributed by atoms with Crippen molar-refractivity contribution in [1.82, 2.24) is 9.88 Å². The second kappa shape index (κ2) is 5.97. The molecule has 4 rings (SSSR count). The topological polar surface area (TPSA) is 36.1 Å². The maximum Gasteiger partial charge on any atom is 0.162 e. The minimum Gasteiger partial charge on any atom is -0.361 e. The SMILES string of the molecule is CCCC(=O)c1ccc2[nH]cc(C3=CCN4CCCC4C3)c2c1. The van der Waals surface area contributed by atoms with Gasteiger partial charge >= 0.3 is 0 Å². The largest absolute Gasteiger partial charge is 0.361 e. The summed E-state index contributed by atoms with van der Waals surface area (Å²) in [5, 5.41) is 1.20. The molecule has 1 N–H and O–H groups in total. The molecule has 1 aromatic heterocycles. The van der Waals surface area contributed by atoms with Gasteiger partial charge in [-0.05, 0) is 56.0 Å². The van der Waals surface area contributed by atoms with Crippen molar-refractivity contribution in [3.8, 4) is 0 Å². The van der Waals surface area contributed by atoms with Crippen LogP contribution in [-0.4, -0.2) is 34.8 Å². The van der Waals surface area contributed by atoms with E-state index in [0.717, 1.165) is 30.5 Å². The standard InChI is InChI=1S/C20H24N2O/c1-2-4-20(23)15-6-7-19-17(12-15)18(13-21-19)14-8-10-22-9-3-5-16(22)11-14/h6-8,12-13,16,21H,2-5,9-11H2,1H3. The van der Waals surface area contributed by atoms with Crippen LogP contribution >= 0.6 is 0 Å². The Morgan fingerprint density at radius 1 is 1.39 bits per heavy atom. The molecule has 1 unspecified atom stereocenters. The molecule has 1 atom stereocenters. The second-order valence-electron chi connectivity index (χ2n) is 6.86. The summed E-state index contributed by atoms with van der Waals surface area (Å²) < 4.78 is 0. The quantitative estimate of drug-likeness (QED) is 0.850. The lowest BCUT2D eigenvalue weighted by molar-refractivity contribution is 0.0982. The lowest BCUT2D eigenvalue weighted by atomic mass is 9.93. The number of aromatic nitrogens is 1. The van der Waals surface area contributed by atoms with Crippen LogP contribution in [0.5, 0.6) is 0 Å². The van der Waals surface area contributed by atoms with Gasteiger partial charge in [0.05, 0.1) is 0 Å². The molecule has 2 aliphatic rings. The molecule has 120 valence electrons. The molecule has 0 radical (unpaired) electrons. The summed E-state index contributed by atoms with van der Waals surface area (Å²) in [6.45, 7) is 4.37. The van der Waals surface area contributed by atoms with Crippen LogP contribution in [-0.2, 0) is 0 Å². The molecule has 3 heterocycles. The van der Waals surface area contributed by atoms with Gasteiger partial charge in [-0.1, -0.05) is 13.0 Å². The van der Waals surface area contributed by atoms with E-state index in [4.69, 9.17) is 0 Å². The number of carbonyl (C=O) groups is 1. The number of H-pyrrole nitrogens is 1. The maximum absolute atomic E-state index is 12.2. The lowest BCUT2D eigenvalue weighted by Crippen LogP contribution is -2.32. The molecule has 0 spiro atoms. The molecule has 3 nitrogen and oxygen atoms in total. The molecule has 2 aliphatic heterocycles. The van der Waals surface area contributed by atoms with E-state index in [1.54, 1.807) is 0 Å². The molecule has 0 saturated carbocycles. The molecule has 3 heteroatoms. The maximum atomic E-state index is 12.2. The van der Waals surface area contributed by atoms with Crippen molar-refractivity contribution in [2.45, 2.75) is 45.1 Å². The number of rotatable bonds is 4. The fourth-order valence-corrected chi connectivity index (χ4v) is 4.08. The second-order valence-corrected chi connectivity index (χ2v) is 6.86. The Balaban J connectivity index is 1.70. The van der Waals surface area contributed by atoms with Crippen molar-refractivity contribution in [2.24, 2.45) is 0 Å². The molecular weight excluding hydrogens is 284 g/mol. The van der Waals surface area contributed by atoms with Crippen LogP contribution in [0.1, 0.15) is 54.9 Å². The summed E-state index contributed by atoms with van der Waals surface area (Å²) in [5.41, 5.74) is 4.71. The molecule has 1 fully saturated rings. The Hall–Kier alpha value is -1.87.